The first kappa shape index (κ1) is 23.6. The Morgan fingerprint density at radius 3 is 2.56 bits per heavy atom. The summed E-state index contributed by atoms with van der Waals surface area (Å²) < 4.78 is 30.1. The third kappa shape index (κ3) is 4.86. The predicted molar refractivity (Wildman–Crippen MR) is 131 cm³/mol. The van der Waals surface area contributed by atoms with Crippen LogP contribution in [-0.2, 0) is 16.6 Å². The Labute approximate surface area is 203 Å². The van der Waals surface area contributed by atoms with Crippen LogP contribution in [0.25, 0.3) is 10.2 Å². The number of aryl methyl sites for hydroxylation is 1. The van der Waals surface area contributed by atoms with Crippen molar-refractivity contribution in [1.29, 1.82) is 0 Å². The summed E-state index contributed by atoms with van der Waals surface area (Å²) in [6.07, 6.45) is 0. The van der Waals surface area contributed by atoms with Gasteiger partial charge in [-0.15, -0.1) is 0 Å². The number of fused-ring (bicyclic) bond motifs is 1. The maximum absolute atomic E-state index is 12.9. The van der Waals surface area contributed by atoms with Gasteiger partial charge in [-0.05, 0) is 55.5 Å². The van der Waals surface area contributed by atoms with Crippen molar-refractivity contribution in [2.75, 3.05) is 4.72 Å². The average Bonchev–Trinajstić information content (AvgIpc) is 3.15. The van der Waals surface area contributed by atoms with E-state index in [1.807, 2.05) is 6.92 Å². The Morgan fingerprint density at radius 2 is 1.88 bits per heavy atom. The molecule has 174 valence electrons. The van der Waals surface area contributed by atoms with Crippen molar-refractivity contribution < 1.29 is 18.1 Å². The van der Waals surface area contributed by atoms with E-state index in [1.54, 1.807) is 16.7 Å². The highest BCUT2D eigenvalue weighted by Gasteiger charge is 2.16. The maximum atomic E-state index is 12.9. The number of carbonyl (C=O) groups excluding carboxylic acids is 1. The second kappa shape index (κ2) is 9.37. The molecule has 34 heavy (non-hydrogen) atoms. The number of aromatic nitrogens is 1. The van der Waals surface area contributed by atoms with Crippen LogP contribution in [0, 0.1) is 10.1 Å². The molecule has 4 aromatic rings. The Morgan fingerprint density at radius 1 is 1.15 bits per heavy atom. The molecule has 0 fully saturated rings. The number of nitro benzene ring substituents is 1. The van der Waals surface area contributed by atoms with Crippen LogP contribution in [0.5, 0.6) is 0 Å². The molecule has 1 amide bonds. The lowest BCUT2D eigenvalue weighted by atomic mass is 10.2. The molecule has 12 heteroatoms. The van der Waals surface area contributed by atoms with Crippen LogP contribution in [-0.4, -0.2) is 23.8 Å². The van der Waals surface area contributed by atoms with E-state index in [2.05, 4.69) is 9.71 Å². The first-order valence-electron chi connectivity index (χ1n) is 9.93. The minimum absolute atomic E-state index is 0.0293. The normalized spacial score (nSPS) is 12.1. The smallest absolute Gasteiger partial charge is 0.279 e. The van der Waals surface area contributed by atoms with E-state index in [0.717, 1.165) is 16.9 Å². The quantitative estimate of drug-likeness (QED) is 0.290. The van der Waals surface area contributed by atoms with Gasteiger partial charge in [0.25, 0.3) is 21.6 Å². The number of benzene rings is 3. The van der Waals surface area contributed by atoms with Crippen LogP contribution >= 0.6 is 22.9 Å². The van der Waals surface area contributed by atoms with Gasteiger partial charge in [-0.25, -0.2) is 8.42 Å². The van der Waals surface area contributed by atoms with Gasteiger partial charge in [0, 0.05) is 35.0 Å². The number of sulfonamides is 1. The fourth-order valence-corrected chi connectivity index (χ4v) is 5.56. The summed E-state index contributed by atoms with van der Waals surface area (Å²) in [5.41, 5.74) is 1.07. The van der Waals surface area contributed by atoms with Crippen molar-refractivity contribution in [2.24, 2.45) is 4.99 Å². The molecular formula is C22H17ClN4O5S2. The zero-order valence-electron chi connectivity index (χ0n) is 17.6. The summed E-state index contributed by atoms with van der Waals surface area (Å²) in [4.78, 5) is 28.1. The Balaban J connectivity index is 1.67. The SMILES string of the molecule is CCn1c(=NC(=O)c2cccc(NS(=O)(=O)c3ccc(Cl)cc3)c2)sc2cc([N+](=O)[O-])ccc21. The van der Waals surface area contributed by atoms with Gasteiger partial charge in [-0.2, -0.15) is 4.99 Å². The predicted octanol–water partition coefficient (Wildman–Crippen LogP) is 4.83. The Bertz CT molecular complexity index is 1590. The van der Waals surface area contributed by atoms with E-state index >= 15 is 0 Å². The molecule has 0 bridgehead atoms. The number of carbonyl (C=O) groups is 1. The molecule has 0 radical (unpaired) electrons. The number of rotatable bonds is 6. The van der Waals surface area contributed by atoms with Gasteiger partial charge in [0.2, 0.25) is 0 Å². The number of halogens is 1. The van der Waals surface area contributed by atoms with Crippen molar-refractivity contribution in [1.82, 2.24) is 4.57 Å². The van der Waals surface area contributed by atoms with Gasteiger partial charge < -0.3 is 4.57 Å². The second-order valence-electron chi connectivity index (χ2n) is 7.10. The lowest BCUT2D eigenvalue weighted by Crippen LogP contribution is -2.16. The average molecular weight is 517 g/mol. The van der Waals surface area contributed by atoms with Gasteiger partial charge in [0.15, 0.2) is 4.80 Å². The molecule has 1 aromatic heterocycles. The fraction of sp³-hybridized carbons (Fsp3) is 0.0909. The lowest BCUT2D eigenvalue weighted by Gasteiger charge is -2.09. The summed E-state index contributed by atoms with van der Waals surface area (Å²) in [6.45, 7) is 2.38. The van der Waals surface area contributed by atoms with Crippen LogP contribution in [0.3, 0.4) is 0 Å². The third-order valence-corrected chi connectivity index (χ3v) is 7.57. The van der Waals surface area contributed by atoms with E-state index in [1.165, 1.54) is 54.6 Å². The van der Waals surface area contributed by atoms with Gasteiger partial charge in [0.05, 0.1) is 20.0 Å². The van der Waals surface area contributed by atoms with Crippen molar-refractivity contribution in [3.05, 3.63) is 92.2 Å². The number of amides is 1. The van der Waals surface area contributed by atoms with Crippen LogP contribution < -0.4 is 9.52 Å². The number of hydrogen-bond donors (Lipinski definition) is 1. The van der Waals surface area contributed by atoms with E-state index in [-0.39, 0.29) is 21.8 Å². The highest BCUT2D eigenvalue weighted by Crippen LogP contribution is 2.24. The number of nitrogens with one attached hydrogen (secondary N) is 1. The molecule has 4 rings (SSSR count). The van der Waals surface area contributed by atoms with E-state index in [4.69, 9.17) is 11.6 Å². The number of nitro groups is 1. The van der Waals surface area contributed by atoms with Crippen LogP contribution in [0.15, 0.2) is 76.6 Å². The molecule has 0 unspecified atom stereocenters. The van der Waals surface area contributed by atoms with Crippen molar-refractivity contribution >= 4 is 60.5 Å². The third-order valence-electron chi connectivity index (χ3n) is 4.88. The molecule has 9 nitrogen and oxygen atoms in total. The van der Waals surface area contributed by atoms with Crippen LogP contribution in [0.4, 0.5) is 11.4 Å². The van der Waals surface area contributed by atoms with E-state index in [0.29, 0.717) is 21.1 Å². The number of thiazole rings is 1. The molecular weight excluding hydrogens is 500 g/mol. The Hall–Kier alpha value is -3.54. The molecule has 3 aromatic carbocycles. The standard InChI is InChI=1S/C22H17ClN4O5S2/c1-2-26-19-11-8-17(27(29)30)13-20(19)33-22(26)24-21(28)14-4-3-5-16(12-14)25-34(31,32)18-9-6-15(23)7-10-18/h3-13,25H,2H2,1H3. The topological polar surface area (TPSA) is 124 Å². The molecule has 0 aliphatic rings. The van der Waals surface area contributed by atoms with E-state index in [9.17, 15) is 23.3 Å². The monoisotopic (exact) mass is 516 g/mol. The summed E-state index contributed by atoms with van der Waals surface area (Å²) >= 11 is 6.98. The van der Waals surface area contributed by atoms with Gasteiger partial charge in [-0.1, -0.05) is 29.0 Å². The van der Waals surface area contributed by atoms with Crippen LogP contribution in [0.1, 0.15) is 17.3 Å². The van der Waals surface area contributed by atoms with Gasteiger partial charge >= 0.3 is 0 Å². The second-order valence-corrected chi connectivity index (χ2v) is 10.2. The minimum Gasteiger partial charge on any atom is -0.317 e. The van der Waals surface area contributed by atoms with Crippen molar-refractivity contribution in [3.8, 4) is 0 Å². The summed E-state index contributed by atoms with van der Waals surface area (Å²) in [5, 5.41) is 11.5. The molecule has 0 saturated carbocycles. The molecule has 0 saturated heterocycles. The summed E-state index contributed by atoms with van der Waals surface area (Å²) in [7, 11) is -3.88. The minimum atomic E-state index is -3.88. The van der Waals surface area contributed by atoms with E-state index < -0.39 is 20.9 Å². The molecule has 0 aliphatic heterocycles. The number of nitrogens with zero attached hydrogens (tertiary/aromatic N) is 3. The van der Waals surface area contributed by atoms with Crippen LogP contribution in [0.2, 0.25) is 5.02 Å². The van der Waals surface area contributed by atoms with Crippen molar-refractivity contribution in [2.45, 2.75) is 18.4 Å². The largest absolute Gasteiger partial charge is 0.317 e. The molecule has 1 N–H and O–H groups in total. The number of hydrogen-bond acceptors (Lipinski definition) is 6. The summed E-state index contributed by atoms with van der Waals surface area (Å²) in [5.74, 6) is -0.573. The fourth-order valence-electron chi connectivity index (χ4n) is 3.26. The molecule has 0 atom stereocenters. The maximum Gasteiger partial charge on any atom is 0.279 e. The molecule has 1 heterocycles. The van der Waals surface area contributed by atoms with Gasteiger partial charge in [-0.3, -0.25) is 19.6 Å². The summed E-state index contributed by atoms with van der Waals surface area (Å²) in [6, 6.07) is 16.2. The highest BCUT2D eigenvalue weighted by atomic mass is 35.5. The zero-order chi connectivity index (χ0) is 24.5. The van der Waals surface area contributed by atoms with Crippen molar-refractivity contribution in [3.63, 3.8) is 0 Å². The zero-order valence-corrected chi connectivity index (χ0v) is 20.0. The Kier molecular flexibility index (Phi) is 6.51. The van der Waals surface area contributed by atoms with Gasteiger partial charge in [0.1, 0.15) is 0 Å². The first-order chi connectivity index (χ1) is 16.2. The molecule has 0 spiro atoms. The first-order valence-corrected chi connectivity index (χ1v) is 12.6. The highest BCUT2D eigenvalue weighted by molar-refractivity contribution is 7.92. The number of non-ortho nitro benzene ring substituents is 1. The lowest BCUT2D eigenvalue weighted by molar-refractivity contribution is -0.384. The number of anilines is 1. The molecule has 0 aliphatic carbocycles.